The van der Waals surface area contributed by atoms with Gasteiger partial charge < -0.3 is 0 Å². The van der Waals surface area contributed by atoms with Crippen LogP contribution in [0.15, 0.2) is 23.1 Å². The van der Waals surface area contributed by atoms with E-state index in [0.29, 0.717) is 32.0 Å². The van der Waals surface area contributed by atoms with Crippen molar-refractivity contribution in [1.29, 1.82) is 0 Å². The molecule has 1 aromatic carbocycles. The minimum atomic E-state index is -4.60. The Labute approximate surface area is 126 Å². The van der Waals surface area contributed by atoms with Gasteiger partial charge in [0.2, 0.25) is 10.0 Å². The first kappa shape index (κ1) is 16.6. The summed E-state index contributed by atoms with van der Waals surface area (Å²) in [4.78, 5) is -0.471. The third-order valence-electron chi connectivity index (χ3n) is 3.44. The summed E-state index contributed by atoms with van der Waals surface area (Å²) in [5.41, 5.74) is -1.01. The van der Waals surface area contributed by atoms with E-state index in [0.717, 1.165) is 25.0 Å². The second-order valence-corrected chi connectivity index (χ2v) is 7.27. The van der Waals surface area contributed by atoms with E-state index in [2.05, 4.69) is 0 Å². The van der Waals surface area contributed by atoms with Gasteiger partial charge in [-0.2, -0.15) is 17.5 Å². The van der Waals surface area contributed by atoms with Crippen LogP contribution in [0.1, 0.15) is 31.2 Å². The first-order valence-electron chi connectivity index (χ1n) is 6.60. The van der Waals surface area contributed by atoms with Crippen molar-refractivity contribution in [2.75, 3.05) is 13.1 Å². The molecule has 0 bridgehead atoms. The lowest BCUT2D eigenvalue weighted by atomic mass is 10.2. The number of halogens is 4. The highest BCUT2D eigenvalue weighted by Gasteiger charge is 2.34. The minimum Gasteiger partial charge on any atom is -0.207 e. The molecule has 0 saturated carbocycles. The third-order valence-corrected chi connectivity index (χ3v) is 5.82. The van der Waals surface area contributed by atoms with Crippen LogP contribution in [0, 0.1) is 0 Å². The molecule has 1 aliphatic heterocycles. The van der Waals surface area contributed by atoms with Crippen molar-refractivity contribution in [3.63, 3.8) is 0 Å². The quantitative estimate of drug-likeness (QED) is 0.817. The standard InChI is InChI=1S/C13H15ClF3NO2S/c14-11-6-5-10(13(15,16)17)9-12(11)21(19,20)18-7-3-1-2-4-8-18/h5-6,9H,1-4,7-8H2. The molecule has 0 N–H and O–H groups in total. The van der Waals surface area contributed by atoms with Gasteiger partial charge in [0.05, 0.1) is 10.6 Å². The highest BCUT2D eigenvalue weighted by Crippen LogP contribution is 2.34. The van der Waals surface area contributed by atoms with Crippen LogP contribution in [-0.4, -0.2) is 25.8 Å². The summed E-state index contributed by atoms with van der Waals surface area (Å²) < 4.78 is 64.5. The summed E-state index contributed by atoms with van der Waals surface area (Å²) in [6, 6.07) is 2.38. The van der Waals surface area contributed by atoms with Gasteiger partial charge in [0.1, 0.15) is 4.90 Å². The smallest absolute Gasteiger partial charge is 0.207 e. The molecule has 0 radical (unpaired) electrons. The van der Waals surface area contributed by atoms with Gasteiger partial charge in [-0.1, -0.05) is 24.4 Å². The number of sulfonamides is 1. The van der Waals surface area contributed by atoms with E-state index >= 15 is 0 Å². The Balaban J connectivity index is 2.43. The molecule has 1 saturated heterocycles. The molecule has 0 unspecified atom stereocenters. The Morgan fingerprint density at radius 3 is 2.14 bits per heavy atom. The molecule has 1 heterocycles. The molecule has 0 aromatic heterocycles. The molecule has 3 nitrogen and oxygen atoms in total. The number of alkyl halides is 3. The summed E-state index contributed by atoms with van der Waals surface area (Å²) in [6.45, 7) is 0.629. The molecule has 21 heavy (non-hydrogen) atoms. The molecule has 0 spiro atoms. The Morgan fingerprint density at radius 1 is 1.05 bits per heavy atom. The third kappa shape index (κ3) is 3.70. The number of benzene rings is 1. The lowest BCUT2D eigenvalue weighted by Gasteiger charge is -2.21. The van der Waals surface area contributed by atoms with Crippen LogP contribution < -0.4 is 0 Å². The predicted molar refractivity (Wildman–Crippen MR) is 73.7 cm³/mol. The SMILES string of the molecule is O=S(=O)(c1cc(C(F)(F)F)ccc1Cl)N1CCCCCC1. The van der Waals surface area contributed by atoms with E-state index in [4.69, 9.17) is 11.6 Å². The van der Waals surface area contributed by atoms with Gasteiger partial charge in [0.15, 0.2) is 0 Å². The van der Waals surface area contributed by atoms with Crippen LogP contribution in [0.2, 0.25) is 5.02 Å². The van der Waals surface area contributed by atoms with Crippen molar-refractivity contribution >= 4 is 21.6 Å². The van der Waals surface area contributed by atoms with Gasteiger partial charge in [0, 0.05) is 13.1 Å². The molecule has 1 aliphatic rings. The molecule has 1 aromatic rings. The topological polar surface area (TPSA) is 37.4 Å². The van der Waals surface area contributed by atoms with Crippen LogP contribution in [0.4, 0.5) is 13.2 Å². The second-order valence-electron chi connectivity index (χ2n) is 4.96. The average molecular weight is 342 g/mol. The molecule has 118 valence electrons. The van der Waals surface area contributed by atoms with Crippen molar-refractivity contribution in [3.05, 3.63) is 28.8 Å². The normalized spacial score (nSPS) is 18.5. The Kier molecular flexibility index (Phi) is 4.85. The molecular formula is C13H15ClF3NO2S. The van der Waals surface area contributed by atoms with Crippen molar-refractivity contribution in [2.45, 2.75) is 36.8 Å². The summed E-state index contributed by atoms with van der Waals surface area (Å²) >= 11 is 5.82. The van der Waals surface area contributed by atoms with Gasteiger partial charge in [-0.05, 0) is 31.0 Å². The molecule has 0 amide bonds. The van der Waals surface area contributed by atoms with Crippen molar-refractivity contribution < 1.29 is 21.6 Å². The fourth-order valence-corrected chi connectivity index (χ4v) is 4.32. The maximum absolute atomic E-state index is 12.7. The van der Waals surface area contributed by atoms with Crippen LogP contribution in [0.3, 0.4) is 0 Å². The van der Waals surface area contributed by atoms with Crippen molar-refractivity contribution in [3.8, 4) is 0 Å². The highest BCUT2D eigenvalue weighted by atomic mass is 35.5. The predicted octanol–water partition coefficient (Wildman–Crippen LogP) is 3.92. The summed E-state index contributed by atoms with van der Waals surface area (Å²) in [5, 5.41) is -0.188. The zero-order chi connectivity index (χ0) is 15.7. The van der Waals surface area contributed by atoms with Crippen LogP contribution in [0.25, 0.3) is 0 Å². The first-order valence-corrected chi connectivity index (χ1v) is 8.41. The fraction of sp³-hybridized carbons (Fsp3) is 0.538. The molecule has 1 fully saturated rings. The van der Waals surface area contributed by atoms with Gasteiger partial charge in [-0.15, -0.1) is 0 Å². The van der Waals surface area contributed by atoms with Crippen molar-refractivity contribution in [1.82, 2.24) is 4.31 Å². The highest BCUT2D eigenvalue weighted by molar-refractivity contribution is 7.89. The second kappa shape index (κ2) is 6.14. The van der Waals surface area contributed by atoms with E-state index in [-0.39, 0.29) is 5.02 Å². The van der Waals surface area contributed by atoms with Crippen molar-refractivity contribution in [2.24, 2.45) is 0 Å². The molecule has 0 atom stereocenters. The fourth-order valence-electron chi connectivity index (χ4n) is 2.30. The van der Waals surface area contributed by atoms with Crippen LogP contribution >= 0.6 is 11.6 Å². The zero-order valence-electron chi connectivity index (χ0n) is 11.2. The van der Waals surface area contributed by atoms with Crippen LogP contribution in [-0.2, 0) is 16.2 Å². The zero-order valence-corrected chi connectivity index (χ0v) is 12.7. The number of hydrogen-bond donors (Lipinski definition) is 0. The van der Waals surface area contributed by atoms with E-state index in [1.54, 1.807) is 0 Å². The lowest BCUT2D eigenvalue weighted by molar-refractivity contribution is -0.137. The van der Waals surface area contributed by atoms with Gasteiger partial charge in [-0.25, -0.2) is 8.42 Å². The Morgan fingerprint density at radius 2 is 1.62 bits per heavy atom. The molecule has 0 aliphatic carbocycles. The minimum absolute atomic E-state index is 0.188. The number of rotatable bonds is 2. The summed E-state index contributed by atoms with van der Waals surface area (Å²) in [5.74, 6) is 0. The number of hydrogen-bond acceptors (Lipinski definition) is 2. The molecule has 8 heteroatoms. The summed E-state index contributed by atoms with van der Waals surface area (Å²) in [7, 11) is -4.00. The van der Waals surface area contributed by atoms with E-state index in [1.165, 1.54) is 4.31 Å². The number of nitrogens with zero attached hydrogens (tertiary/aromatic N) is 1. The lowest BCUT2D eigenvalue weighted by Crippen LogP contribution is -2.32. The summed E-state index contributed by atoms with van der Waals surface area (Å²) in [6.07, 6.45) is -1.36. The van der Waals surface area contributed by atoms with E-state index in [9.17, 15) is 21.6 Å². The first-order chi connectivity index (χ1) is 9.73. The van der Waals surface area contributed by atoms with Crippen LogP contribution in [0.5, 0.6) is 0 Å². The van der Waals surface area contributed by atoms with Gasteiger partial charge in [-0.3, -0.25) is 0 Å². The largest absolute Gasteiger partial charge is 0.416 e. The van der Waals surface area contributed by atoms with Gasteiger partial charge >= 0.3 is 6.18 Å². The van der Waals surface area contributed by atoms with Gasteiger partial charge in [0.25, 0.3) is 0 Å². The molecular weight excluding hydrogens is 327 g/mol. The Hall–Kier alpha value is -0.790. The Bertz CT molecular complexity index is 608. The maximum Gasteiger partial charge on any atom is 0.416 e. The molecule has 2 rings (SSSR count). The van der Waals surface area contributed by atoms with E-state index < -0.39 is 26.7 Å². The monoisotopic (exact) mass is 341 g/mol. The maximum atomic E-state index is 12.7. The van der Waals surface area contributed by atoms with E-state index in [1.807, 2.05) is 0 Å². The average Bonchev–Trinajstić information content (AvgIpc) is 2.66.